The maximum atomic E-state index is 5.75. The fraction of sp³-hybridized carbons (Fsp3) is 0.821. The minimum Gasteiger partial charge on any atom is -0.366 e. The molecule has 353 valence electrons. The number of aryl methyl sites for hydroxylation is 1. The van der Waals surface area contributed by atoms with Crippen LogP contribution in [0.25, 0.3) is 11.3 Å². The summed E-state index contributed by atoms with van der Waals surface area (Å²) in [5.41, 5.74) is 4.65. The summed E-state index contributed by atoms with van der Waals surface area (Å²) in [5, 5.41) is 0. The Hall–Kier alpha value is -2.38. The third kappa shape index (κ3) is 8.39. The summed E-state index contributed by atoms with van der Waals surface area (Å²) in [5.74, 6) is 14.7. The Bertz CT molecular complexity index is 2210. The molecule has 8 nitrogen and oxygen atoms in total. The Morgan fingerprint density at radius 1 is 0.292 bits per heavy atom. The molecule has 13 rings (SSSR count). The average molecular weight is 927 g/mol. The van der Waals surface area contributed by atoms with Gasteiger partial charge in [-0.05, 0) is 159 Å². The summed E-state index contributed by atoms with van der Waals surface area (Å²) in [6.07, 6.45) is 42.7. The maximum absolute atomic E-state index is 5.75. The zero-order chi connectivity index (χ0) is 42.1. The molecule has 0 amide bonds. The molecule has 1 radical (unpaired) electrons. The van der Waals surface area contributed by atoms with Gasteiger partial charge in [0.15, 0.2) is 0 Å². The van der Waals surface area contributed by atoms with E-state index in [2.05, 4.69) is 0 Å². The molecule has 65 heavy (non-hydrogen) atoms. The topological polar surface area (TPSA) is 106 Å². The first-order valence-corrected chi connectivity index (χ1v) is 28.1. The number of hydrogen-bond acceptors (Lipinski definition) is 6. The zero-order valence-electron chi connectivity index (χ0n) is 39.6. The van der Waals surface area contributed by atoms with Gasteiger partial charge in [-0.15, -0.1) is 0 Å². The number of nitrogens with zero attached hydrogens (tertiary/aromatic N) is 8. The molecule has 5 heterocycles. The van der Waals surface area contributed by atoms with Gasteiger partial charge in [-0.2, -0.15) is 0 Å². The Balaban J connectivity index is 0.00000444. The van der Waals surface area contributed by atoms with Crippen molar-refractivity contribution < 1.29 is 17.1 Å². The second-order valence-corrected chi connectivity index (χ2v) is 24.1. The summed E-state index contributed by atoms with van der Waals surface area (Å²) in [7, 11) is 0. The quantitative estimate of drug-likeness (QED) is 0.279. The fourth-order valence-electron chi connectivity index (χ4n) is 17.3. The third-order valence-electron chi connectivity index (χ3n) is 20.9. The predicted octanol–water partition coefficient (Wildman–Crippen LogP) is 13.3. The zero-order valence-corrected chi connectivity index (χ0v) is 40.5. The van der Waals surface area contributed by atoms with Gasteiger partial charge in [0.2, 0.25) is 0 Å². The molecule has 9 heteroatoms. The number of rotatable bonds is 4. The molecule has 10 atom stereocenters. The number of fused-ring (bicyclic) bond motifs is 20. The monoisotopic (exact) mass is 926 g/mol. The molecule has 7 fully saturated rings. The van der Waals surface area contributed by atoms with Gasteiger partial charge in [0.25, 0.3) is 0 Å². The van der Waals surface area contributed by atoms with Crippen molar-refractivity contribution in [2.75, 3.05) is 0 Å². The second kappa shape index (κ2) is 18.8. The van der Waals surface area contributed by atoms with Crippen molar-refractivity contribution in [2.45, 2.75) is 241 Å². The SMILES string of the molecule is C1CCC(C2CCc3c(c4nc5nc(nc6[n-]c(nc7nc(nc3[n-]4)C3CC(C4CCCCC4)CCC73)C3CC(C4CCCCC4)CCC63)C3CC(C4CCCCC4)CCC53)C2)CC1.[Cu+2]. The summed E-state index contributed by atoms with van der Waals surface area (Å²) >= 11 is 0. The second-order valence-electron chi connectivity index (χ2n) is 24.1. The Kier molecular flexibility index (Phi) is 12.7. The number of aromatic nitrogens is 8. The molecule has 11 aliphatic rings. The molecule has 10 unspecified atom stereocenters. The molecule has 2 aromatic heterocycles. The Labute approximate surface area is 400 Å². The largest absolute Gasteiger partial charge is 2.00 e. The van der Waals surface area contributed by atoms with Gasteiger partial charge >= 0.3 is 17.1 Å². The van der Waals surface area contributed by atoms with E-state index in [1.165, 1.54) is 204 Å². The molecule has 8 aliphatic carbocycles. The minimum atomic E-state index is 0. The summed E-state index contributed by atoms with van der Waals surface area (Å²) < 4.78 is 0. The van der Waals surface area contributed by atoms with E-state index in [-0.39, 0.29) is 17.1 Å². The molecule has 3 aliphatic heterocycles. The first-order valence-electron chi connectivity index (χ1n) is 28.1. The van der Waals surface area contributed by atoms with E-state index >= 15 is 0 Å². The molecule has 0 aromatic carbocycles. The van der Waals surface area contributed by atoms with Crippen molar-refractivity contribution in [2.24, 2.45) is 47.3 Å². The van der Waals surface area contributed by atoms with E-state index in [0.717, 1.165) is 106 Å². The number of hydrogen-bond donors (Lipinski definition) is 0. The smallest absolute Gasteiger partial charge is 0.366 e. The molecular formula is C56H78CuN8. The van der Waals surface area contributed by atoms with Crippen molar-refractivity contribution in [3.8, 4) is 0 Å². The molecular weight excluding hydrogens is 848 g/mol. The van der Waals surface area contributed by atoms with Crippen LogP contribution in [-0.4, -0.2) is 29.9 Å². The van der Waals surface area contributed by atoms with E-state index < -0.39 is 0 Å². The van der Waals surface area contributed by atoms with E-state index in [4.69, 9.17) is 39.9 Å². The van der Waals surface area contributed by atoms with Gasteiger partial charge in [0.1, 0.15) is 0 Å². The maximum Gasteiger partial charge on any atom is 2.00 e. The fourth-order valence-corrected chi connectivity index (χ4v) is 17.3. The molecule has 0 spiro atoms. The van der Waals surface area contributed by atoms with Crippen LogP contribution in [0.5, 0.6) is 0 Å². The predicted molar refractivity (Wildman–Crippen MR) is 252 cm³/mol. The van der Waals surface area contributed by atoms with E-state index in [1.807, 2.05) is 0 Å². The van der Waals surface area contributed by atoms with Gasteiger partial charge in [0, 0.05) is 35.0 Å². The van der Waals surface area contributed by atoms with Crippen LogP contribution in [-0.2, 0) is 29.9 Å². The van der Waals surface area contributed by atoms with Gasteiger partial charge in [-0.1, -0.05) is 128 Å². The van der Waals surface area contributed by atoms with Crippen LogP contribution in [0.3, 0.4) is 0 Å². The Morgan fingerprint density at radius 2 is 0.692 bits per heavy atom. The van der Waals surface area contributed by atoms with Crippen LogP contribution in [0.15, 0.2) is 0 Å². The Morgan fingerprint density at radius 3 is 1.22 bits per heavy atom. The molecule has 2 aromatic rings. The van der Waals surface area contributed by atoms with E-state index in [0.29, 0.717) is 35.5 Å². The van der Waals surface area contributed by atoms with Crippen molar-refractivity contribution in [1.29, 1.82) is 0 Å². The first kappa shape index (κ1) is 43.9. The molecule has 7 saturated carbocycles. The van der Waals surface area contributed by atoms with Crippen LogP contribution in [0, 0.1) is 47.3 Å². The van der Waals surface area contributed by atoms with Crippen molar-refractivity contribution >= 4 is 11.3 Å². The van der Waals surface area contributed by atoms with Gasteiger partial charge in [-0.3, -0.25) is 9.97 Å². The standard InChI is InChI=1S/C56H78N8.Cu/c1-5-13-33(14-6-1)37-21-25-41-45(29-37)53-57-49(41)62-54-47-31-39(35-17-9-3-10-18-35)23-27-43(47)51(59-54)64-56-48-32-40(36-19-11-4-12-20-36)24-28-44(48)52(60-56)63-55-46-30-38(34-15-7-2-8-16-34)22-26-42(46)50(58-55)61-53;/h33-43,45-47H,1-32H2;/q-2;+2. The van der Waals surface area contributed by atoms with Crippen molar-refractivity contribution in [1.82, 2.24) is 39.9 Å². The normalized spacial score (nSPS) is 35.5. The van der Waals surface area contributed by atoms with Crippen LogP contribution in [0.4, 0.5) is 0 Å². The average Bonchev–Trinajstić information content (AvgIpc) is 4.10. The molecule has 8 bridgehead atoms. The minimum absolute atomic E-state index is 0. The van der Waals surface area contributed by atoms with E-state index in [1.54, 1.807) is 0 Å². The summed E-state index contributed by atoms with van der Waals surface area (Å²) in [4.78, 5) is 45.3. The van der Waals surface area contributed by atoms with Crippen LogP contribution < -0.4 is 9.97 Å². The molecule has 0 N–H and O–H groups in total. The van der Waals surface area contributed by atoms with Crippen molar-refractivity contribution in [3.63, 3.8) is 0 Å². The van der Waals surface area contributed by atoms with Gasteiger partial charge in [0.05, 0.1) is 23.3 Å². The first-order chi connectivity index (χ1) is 31.7. The summed E-state index contributed by atoms with van der Waals surface area (Å²) in [6, 6.07) is 0. The molecule has 0 saturated heterocycles. The van der Waals surface area contributed by atoms with Crippen molar-refractivity contribution in [3.05, 3.63) is 46.1 Å². The van der Waals surface area contributed by atoms with Crippen LogP contribution >= 0.6 is 0 Å². The van der Waals surface area contributed by atoms with Gasteiger partial charge in [-0.25, -0.2) is 0 Å². The third-order valence-corrected chi connectivity index (χ3v) is 20.9. The van der Waals surface area contributed by atoms with E-state index in [9.17, 15) is 0 Å². The van der Waals surface area contributed by atoms with Gasteiger partial charge < -0.3 is 29.9 Å². The van der Waals surface area contributed by atoms with Crippen LogP contribution in [0.2, 0.25) is 0 Å². The summed E-state index contributed by atoms with van der Waals surface area (Å²) in [6.45, 7) is 0. The van der Waals surface area contributed by atoms with Crippen LogP contribution in [0.1, 0.15) is 274 Å².